The van der Waals surface area contributed by atoms with Crippen molar-refractivity contribution >= 4 is 16.2 Å². The van der Waals surface area contributed by atoms with Gasteiger partial charge in [0.05, 0.1) is 6.26 Å². The summed E-state index contributed by atoms with van der Waals surface area (Å²) in [5.41, 5.74) is 1.10. The Morgan fingerprint density at radius 2 is 2.06 bits per heavy atom. The van der Waals surface area contributed by atoms with Crippen molar-refractivity contribution in [3.8, 4) is 0 Å². The molecule has 1 aromatic heterocycles. The maximum atomic E-state index is 10.7. The van der Waals surface area contributed by atoms with Gasteiger partial charge in [0.15, 0.2) is 0 Å². The molecule has 1 rings (SSSR count). The molecule has 0 spiro atoms. The molecular formula is C12H18O4S. The highest BCUT2D eigenvalue weighted by Gasteiger charge is 2.14. The molecule has 1 heterocycles. The fourth-order valence-electron chi connectivity index (χ4n) is 1.21. The van der Waals surface area contributed by atoms with Crippen molar-refractivity contribution in [1.29, 1.82) is 0 Å². The lowest BCUT2D eigenvalue weighted by molar-refractivity contribution is 0.481. The molecule has 5 heteroatoms. The molecule has 0 saturated heterocycles. The van der Waals surface area contributed by atoms with Crippen molar-refractivity contribution in [1.82, 2.24) is 0 Å². The minimum Gasteiger partial charge on any atom is -0.469 e. The Kier molecular flexibility index (Phi) is 6.53. The molecule has 0 unspecified atom stereocenters. The molecule has 4 nitrogen and oxygen atoms in total. The van der Waals surface area contributed by atoms with Crippen LogP contribution in [0.3, 0.4) is 0 Å². The molecule has 0 aliphatic carbocycles. The van der Waals surface area contributed by atoms with Crippen LogP contribution < -0.4 is 0 Å². The number of furan rings is 1. The number of hydrogen-bond donors (Lipinski definition) is 1. The summed E-state index contributed by atoms with van der Waals surface area (Å²) in [5.74, 6) is 0.160. The Balaban J connectivity index is 0.00000121. The van der Waals surface area contributed by atoms with Crippen molar-refractivity contribution in [2.75, 3.05) is 0 Å². The van der Waals surface area contributed by atoms with Gasteiger partial charge in [0.1, 0.15) is 11.5 Å². The van der Waals surface area contributed by atoms with Crippen molar-refractivity contribution in [3.63, 3.8) is 0 Å². The van der Waals surface area contributed by atoms with Gasteiger partial charge in [-0.15, -0.1) is 0 Å². The van der Waals surface area contributed by atoms with E-state index in [2.05, 4.69) is 6.58 Å². The molecule has 1 aromatic rings. The highest BCUT2D eigenvalue weighted by molar-refractivity contribution is 7.85. The lowest BCUT2D eigenvalue weighted by Crippen LogP contribution is -2.01. The van der Waals surface area contributed by atoms with Crippen LogP contribution in [-0.2, 0) is 15.9 Å². The molecule has 0 aliphatic rings. The van der Waals surface area contributed by atoms with Crippen LogP contribution in [-0.4, -0.2) is 13.0 Å². The van der Waals surface area contributed by atoms with Crippen LogP contribution >= 0.6 is 0 Å². The lowest BCUT2D eigenvalue weighted by Gasteiger charge is -1.96. The Morgan fingerprint density at radius 3 is 2.53 bits per heavy atom. The van der Waals surface area contributed by atoms with Gasteiger partial charge >= 0.3 is 0 Å². The third-order valence-corrected chi connectivity index (χ3v) is 2.52. The van der Waals surface area contributed by atoms with Gasteiger partial charge in [-0.3, -0.25) is 4.55 Å². The van der Waals surface area contributed by atoms with Crippen LogP contribution in [0.25, 0.3) is 6.08 Å². The molecule has 1 N–H and O–H groups in total. The smallest absolute Gasteiger partial charge is 0.269 e. The first-order valence-electron chi connectivity index (χ1n) is 5.25. The highest BCUT2D eigenvalue weighted by atomic mass is 32.2. The Morgan fingerprint density at radius 1 is 1.47 bits per heavy atom. The fourth-order valence-corrected chi connectivity index (χ4v) is 1.83. The SMILES string of the molecule is C=C/C=C\c1c(CS(=O)(=O)O)coc1C.CC. The first-order chi connectivity index (χ1) is 7.94. The molecule has 96 valence electrons. The van der Waals surface area contributed by atoms with Crippen molar-refractivity contribution < 1.29 is 17.4 Å². The summed E-state index contributed by atoms with van der Waals surface area (Å²) in [6.45, 7) is 9.23. The monoisotopic (exact) mass is 258 g/mol. The summed E-state index contributed by atoms with van der Waals surface area (Å²) in [5, 5.41) is 0. The van der Waals surface area contributed by atoms with Crippen molar-refractivity contribution in [3.05, 3.63) is 41.9 Å². The van der Waals surface area contributed by atoms with E-state index in [1.807, 2.05) is 13.8 Å². The zero-order valence-electron chi connectivity index (χ0n) is 10.3. The molecule has 0 radical (unpaired) electrons. The standard InChI is InChI=1S/C10H12O4S.C2H6/c1-3-4-5-10-8(2)14-6-9(10)7-15(11,12)13;1-2/h3-6H,1,7H2,2H3,(H,11,12,13);1-2H3/b5-4-;. The van der Waals surface area contributed by atoms with E-state index in [0.717, 1.165) is 0 Å². The highest BCUT2D eigenvalue weighted by Crippen LogP contribution is 2.20. The van der Waals surface area contributed by atoms with Crippen LogP contribution in [0.15, 0.2) is 29.4 Å². The van der Waals surface area contributed by atoms with E-state index in [0.29, 0.717) is 16.9 Å². The van der Waals surface area contributed by atoms with Gasteiger partial charge < -0.3 is 4.42 Å². The normalized spacial score (nSPS) is 11.1. The maximum absolute atomic E-state index is 10.7. The minimum atomic E-state index is -4.03. The molecule has 0 aromatic carbocycles. The summed E-state index contributed by atoms with van der Waals surface area (Å²) < 4.78 is 35.2. The lowest BCUT2D eigenvalue weighted by atomic mass is 10.1. The van der Waals surface area contributed by atoms with Gasteiger partial charge in [0.2, 0.25) is 0 Å². The number of rotatable bonds is 4. The largest absolute Gasteiger partial charge is 0.469 e. The zero-order chi connectivity index (χ0) is 13.5. The van der Waals surface area contributed by atoms with Crippen LogP contribution in [0.4, 0.5) is 0 Å². The maximum Gasteiger partial charge on any atom is 0.269 e. The van der Waals surface area contributed by atoms with E-state index < -0.39 is 15.9 Å². The molecule has 0 saturated carbocycles. The molecule has 0 bridgehead atoms. The summed E-state index contributed by atoms with van der Waals surface area (Å²) in [6.07, 6.45) is 6.26. The topological polar surface area (TPSA) is 67.5 Å². The molecule has 0 aliphatic heterocycles. The van der Waals surface area contributed by atoms with Gasteiger partial charge in [0.25, 0.3) is 10.1 Å². The third kappa shape index (κ3) is 5.51. The average molecular weight is 258 g/mol. The van der Waals surface area contributed by atoms with E-state index in [4.69, 9.17) is 8.97 Å². The van der Waals surface area contributed by atoms with Crippen LogP contribution in [0.5, 0.6) is 0 Å². The fraction of sp³-hybridized carbons (Fsp3) is 0.333. The van der Waals surface area contributed by atoms with Gasteiger partial charge in [-0.05, 0) is 6.92 Å². The summed E-state index contributed by atoms with van der Waals surface area (Å²) >= 11 is 0. The van der Waals surface area contributed by atoms with Crippen molar-refractivity contribution in [2.45, 2.75) is 26.5 Å². The quantitative estimate of drug-likeness (QED) is 0.665. The molecule has 0 fully saturated rings. The second kappa shape index (κ2) is 7.09. The zero-order valence-corrected chi connectivity index (χ0v) is 11.1. The Hall–Kier alpha value is -1.33. The number of hydrogen-bond acceptors (Lipinski definition) is 3. The van der Waals surface area contributed by atoms with Crippen LogP contribution in [0, 0.1) is 6.92 Å². The van der Waals surface area contributed by atoms with Crippen molar-refractivity contribution in [2.24, 2.45) is 0 Å². The molecule has 17 heavy (non-hydrogen) atoms. The summed E-state index contributed by atoms with van der Waals surface area (Å²) in [6, 6.07) is 0. The first kappa shape index (κ1) is 15.7. The Bertz CT molecular complexity index is 481. The third-order valence-electron chi connectivity index (χ3n) is 1.84. The van der Waals surface area contributed by atoms with Crippen LogP contribution in [0.2, 0.25) is 0 Å². The predicted molar refractivity (Wildman–Crippen MR) is 69.3 cm³/mol. The summed E-state index contributed by atoms with van der Waals surface area (Å²) in [4.78, 5) is 0. The van der Waals surface area contributed by atoms with E-state index in [1.165, 1.54) is 6.26 Å². The molecular weight excluding hydrogens is 240 g/mol. The minimum absolute atomic E-state index is 0.438. The van der Waals surface area contributed by atoms with E-state index in [-0.39, 0.29) is 0 Å². The van der Waals surface area contributed by atoms with E-state index >= 15 is 0 Å². The Labute approximate surface area is 102 Å². The van der Waals surface area contributed by atoms with Gasteiger partial charge in [-0.25, -0.2) is 0 Å². The summed E-state index contributed by atoms with van der Waals surface area (Å²) in [7, 11) is -4.03. The first-order valence-corrected chi connectivity index (χ1v) is 6.86. The van der Waals surface area contributed by atoms with Crippen LogP contribution in [0.1, 0.15) is 30.7 Å². The predicted octanol–water partition coefficient (Wildman–Crippen LogP) is 3.20. The second-order valence-electron chi connectivity index (χ2n) is 3.05. The van der Waals surface area contributed by atoms with Gasteiger partial charge in [0, 0.05) is 11.1 Å². The van der Waals surface area contributed by atoms with E-state index in [9.17, 15) is 8.42 Å². The van der Waals surface area contributed by atoms with E-state index in [1.54, 1.807) is 25.2 Å². The van der Waals surface area contributed by atoms with Gasteiger partial charge in [-0.1, -0.05) is 38.7 Å². The van der Waals surface area contributed by atoms with Gasteiger partial charge in [-0.2, -0.15) is 8.42 Å². The molecule has 0 amide bonds. The average Bonchev–Trinajstić information content (AvgIpc) is 2.58. The number of aryl methyl sites for hydroxylation is 1. The second-order valence-corrected chi connectivity index (χ2v) is 4.50. The number of allylic oxidation sites excluding steroid dienone is 2. The molecule has 0 atom stereocenters.